The Morgan fingerprint density at radius 2 is 2.04 bits per heavy atom. The van der Waals surface area contributed by atoms with E-state index in [4.69, 9.17) is 10.00 Å². The number of anilines is 1. The zero-order valence-corrected chi connectivity index (χ0v) is 15.9. The first-order chi connectivity index (χ1) is 13.0. The molecule has 0 heterocycles. The molecule has 2 aromatic rings. The Labute approximate surface area is 160 Å². The van der Waals surface area contributed by atoms with Crippen molar-refractivity contribution in [2.24, 2.45) is 0 Å². The predicted molar refractivity (Wildman–Crippen MR) is 108 cm³/mol. The minimum absolute atomic E-state index is 0.00136. The topological polar surface area (TPSA) is 65.4 Å². The molecule has 2 rings (SSSR count). The zero-order valence-electron chi connectivity index (χ0n) is 15.9. The Kier molecular flexibility index (Phi) is 7.45. The maximum atomic E-state index is 12.2. The van der Waals surface area contributed by atoms with Crippen LogP contribution >= 0.6 is 0 Å². The van der Waals surface area contributed by atoms with Gasteiger partial charge in [-0.25, -0.2) is 0 Å². The van der Waals surface area contributed by atoms with E-state index in [0.29, 0.717) is 13.2 Å². The molecule has 5 heteroatoms. The number of para-hydroxylation sites is 1. The number of nitrogens with zero attached hydrogens (tertiary/aromatic N) is 2. The molecular formula is C22H25N3O2. The van der Waals surface area contributed by atoms with Crippen molar-refractivity contribution in [2.45, 2.75) is 20.4 Å². The number of rotatable bonds is 9. The van der Waals surface area contributed by atoms with Crippen LogP contribution in [0, 0.1) is 25.2 Å². The highest BCUT2D eigenvalue weighted by molar-refractivity contribution is 5.81. The van der Waals surface area contributed by atoms with Gasteiger partial charge in [0.15, 0.2) is 0 Å². The Morgan fingerprint density at radius 3 is 2.74 bits per heavy atom. The van der Waals surface area contributed by atoms with Gasteiger partial charge >= 0.3 is 0 Å². The number of aryl methyl sites for hydroxylation is 2. The van der Waals surface area contributed by atoms with Crippen molar-refractivity contribution in [1.82, 2.24) is 5.32 Å². The molecule has 0 saturated heterocycles. The molecule has 0 bridgehead atoms. The second kappa shape index (κ2) is 10.0. The maximum absolute atomic E-state index is 12.2. The molecule has 0 saturated carbocycles. The van der Waals surface area contributed by atoms with Gasteiger partial charge in [0.1, 0.15) is 18.9 Å². The molecule has 1 amide bonds. The van der Waals surface area contributed by atoms with E-state index in [-0.39, 0.29) is 19.0 Å². The molecule has 0 unspecified atom stereocenters. The van der Waals surface area contributed by atoms with Gasteiger partial charge in [-0.15, -0.1) is 0 Å². The van der Waals surface area contributed by atoms with Crippen LogP contribution < -0.4 is 15.0 Å². The molecular weight excluding hydrogens is 338 g/mol. The standard InChI is InChI=1S/C22H25N3O2/c1-4-13-27-21-8-6-5-7-19(21)15-25(16-22(26)24-12-11-23)20-10-9-17(2)18(3)14-20/h4-10,14H,1,12-13,15-16H2,2-3H3,(H,24,26). The number of carbonyl (C=O) groups is 1. The molecule has 0 atom stereocenters. The highest BCUT2D eigenvalue weighted by Gasteiger charge is 2.15. The number of nitrogens with one attached hydrogen (secondary N) is 1. The Bertz CT molecular complexity index is 840. The quantitative estimate of drug-likeness (QED) is 0.547. The van der Waals surface area contributed by atoms with Crippen molar-refractivity contribution in [1.29, 1.82) is 5.26 Å². The number of carbonyl (C=O) groups excluding carboxylic acids is 1. The lowest BCUT2D eigenvalue weighted by Crippen LogP contribution is -2.37. The van der Waals surface area contributed by atoms with E-state index in [9.17, 15) is 4.79 Å². The van der Waals surface area contributed by atoms with Crippen LogP contribution in [0.2, 0.25) is 0 Å². The Hall–Kier alpha value is -3.26. The number of hydrogen-bond donors (Lipinski definition) is 1. The van der Waals surface area contributed by atoms with E-state index < -0.39 is 0 Å². The van der Waals surface area contributed by atoms with Crippen molar-refractivity contribution in [2.75, 3.05) is 24.6 Å². The first kappa shape index (κ1) is 20.1. The normalized spacial score (nSPS) is 9.96. The van der Waals surface area contributed by atoms with Gasteiger partial charge in [0.2, 0.25) is 5.91 Å². The second-order valence-electron chi connectivity index (χ2n) is 6.27. The summed E-state index contributed by atoms with van der Waals surface area (Å²) in [5.41, 5.74) is 4.28. The van der Waals surface area contributed by atoms with Crippen molar-refractivity contribution >= 4 is 11.6 Å². The van der Waals surface area contributed by atoms with Gasteiger partial charge < -0.3 is 15.0 Å². The molecule has 0 aliphatic carbocycles. The summed E-state index contributed by atoms with van der Waals surface area (Å²) < 4.78 is 5.75. The summed E-state index contributed by atoms with van der Waals surface area (Å²) in [4.78, 5) is 14.2. The summed E-state index contributed by atoms with van der Waals surface area (Å²) in [5, 5.41) is 11.3. The van der Waals surface area contributed by atoms with Crippen LogP contribution in [-0.2, 0) is 11.3 Å². The number of nitriles is 1. The number of benzene rings is 2. The van der Waals surface area contributed by atoms with Gasteiger partial charge in [-0.05, 0) is 43.2 Å². The van der Waals surface area contributed by atoms with Crippen LogP contribution in [0.1, 0.15) is 16.7 Å². The van der Waals surface area contributed by atoms with E-state index in [1.165, 1.54) is 5.56 Å². The van der Waals surface area contributed by atoms with Crippen molar-refractivity contribution in [3.8, 4) is 11.8 Å². The third kappa shape index (κ3) is 5.89. The van der Waals surface area contributed by atoms with Gasteiger partial charge in [-0.2, -0.15) is 5.26 Å². The van der Waals surface area contributed by atoms with Crippen LogP contribution in [0.4, 0.5) is 5.69 Å². The highest BCUT2D eigenvalue weighted by atomic mass is 16.5. The molecule has 0 radical (unpaired) electrons. The van der Waals surface area contributed by atoms with Gasteiger partial charge in [-0.1, -0.05) is 36.9 Å². The average molecular weight is 363 g/mol. The summed E-state index contributed by atoms with van der Waals surface area (Å²) >= 11 is 0. The van der Waals surface area contributed by atoms with Gasteiger partial charge in [-0.3, -0.25) is 4.79 Å². The fourth-order valence-electron chi connectivity index (χ4n) is 2.66. The predicted octanol–water partition coefficient (Wildman–Crippen LogP) is 3.51. The molecule has 0 aliphatic rings. The van der Waals surface area contributed by atoms with Gasteiger partial charge in [0.25, 0.3) is 0 Å². The molecule has 1 N–H and O–H groups in total. The van der Waals surface area contributed by atoms with Crippen molar-refractivity contribution in [3.05, 3.63) is 71.8 Å². The molecule has 2 aromatic carbocycles. The third-order valence-corrected chi connectivity index (χ3v) is 4.25. The molecule has 0 spiro atoms. The zero-order chi connectivity index (χ0) is 19.6. The lowest BCUT2D eigenvalue weighted by atomic mass is 10.1. The SMILES string of the molecule is C=CCOc1ccccc1CN(CC(=O)NCC#N)c1ccc(C)c(C)c1. The molecule has 27 heavy (non-hydrogen) atoms. The Balaban J connectivity index is 2.29. The minimum atomic E-state index is -0.195. The fourth-order valence-corrected chi connectivity index (χ4v) is 2.66. The highest BCUT2D eigenvalue weighted by Crippen LogP contribution is 2.25. The van der Waals surface area contributed by atoms with Gasteiger partial charge in [0, 0.05) is 17.8 Å². The van der Waals surface area contributed by atoms with E-state index >= 15 is 0 Å². The number of hydrogen-bond acceptors (Lipinski definition) is 4. The Morgan fingerprint density at radius 1 is 1.26 bits per heavy atom. The fraction of sp³-hybridized carbons (Fsp3) is 0.273. The van der Waals surface area contributed by atoms with Crippen molar-refractivity contribution in [3.63, 3.8) is 0 Å². The summed E-state index contributed by atoms with van der Waals surface area (Å²) in [6.07, 6.45) is 1.70. The van der Waals surface area contributed by atoms with E-state index in [1.54, 1.807) is 6.08 Å². The summed E-state index contributed by atoms with van der Waals surface area (Å²) in [6.45, 7) is 8.87. The average Bonchev–Trinajstić information content (AvgIpc) is 2.67. The van der Waals surface area contributed by atoms with E-state index in [1.807, 2.05) is 54.3 Å². The summed E-state index contributed by atoms with van der Waals surface area (Å²) in [5.74, 6) is 0.572. The van der Waals surface area contributed by atoms with Crippen LogP contribution in [0.15, 0.2) is 55.1 Å². The van der Waals surface area contributed by atoms with Crippen molar-refractivity contribution < 1.29 is 9.53 Å². The maximum Gasteiger partial charge on any atom is 0.240 e. The summed E-state index contributed by atoms with van der Waals surface area (Å²) in [7, 11) is 0. The molecule has 0 aromatic heterocycles. The monoisotopic (exact) mass is 363 g/mol. The lowest BCUT2D eigenvalue weighted by molar-refractivity contribution is -0.119. The van der Waals surface area contributed by atoms with Crippen LogP contribution in [0.3, 0.4) is 0 Å². The largest absolute Gasteiger partial charge is 0.489 e. The van der Waals surface area contributed by atoms with Crippen LogP contribution in [0.25, 0.3) is 0 Å². The smallest absolute Gasteiger partial charge is 0.240 e. The van der Waals surface area contributed by atoms with E-state index in [2.05, 4.69) is 24.9 Å². The van der Waals surface area contributed by atoms with Crippen LogP contribution in [-0.4, -0.2) is 25.6 Å². The number of ether oxygens (including phenoxy) is 1. The minimum Gasteiger partial charge on any atom is -0.489 e. The molecule has 0 fully saturated rings. The lowest BCUT2D eigenvalue weighted by Gasteiger charge is -2.26. The molecule has 140 valence electrons. The molecule has 0 aliphatic heterocycles. The van der Waals surface area contributed by atoms with E-state index in [0.717, 1.165) is 22.6 Å². The van der Waals surface area contributed by atoms with Crippen LogP contribution in [0.5, 0.6) is 5.75 Å². The second-order valence-corrected chi connectivity index (χ2v) is 6.27. The van der Waals surface area contributed by atoms with Gasteiger partial charge in [0.05, 0.1) is 12.6 Å². The summed E-state index contributed by atoms with van der Waals surface area (Å²) in [6, 6.07) is 15.8. The third-order valence-electron chi connectivity index (χ3n) is 4.25. The first-order valence-electron chi connectivity index (χ1n) is 8.82. The molecule has 5 nitrogen and oxygen atoms in total. The number of amides is 1. The first-order valence-corrected chi connectivity index (χ1v) is 8.82.